The van der Waals surface area contributed by atoms with E-state index in [1.165, 1.54) is 41.0 Å². The molecule has 0 saturated heterocycles. The van der Waals surface area contributed by atoms with Crippen LogP contribution in [0.3, 0.4) is 0 Å². The molecule has 0 fully saturated rings. The van der Waals surface area contributed by atoms with Crippen molar-refractivity contribution in [3.05, 3.63) is 34.5 Å². The Balaban J connectivity index is 2.42. The number of carbonyl (C=O) groups is 1. The second kappa shape index (κ2) is 8.81. The highest BCUT2D eigenvalue weighted by molar-refractivity contribution is 7.89. The summed E-state index contributed by atoms with van der Waals surface area (Å²) in [5.41, 5.74) is 0.896. The minimum Gasteiger partial charge on any atom is -0.496 e. The van der Waals surface area contributed by atoms with Crippen LogP contribution in [0.1, 0.15) is 41.8 Å². The first-order valence-electron chi connectivity index (χ1n) is 8.74. The van der Waals surface area contributed by atoms with E-state index >= 15 is 0 Å². The van der Waals surface area contributed by atoms with Crippen LogP contribution in [0.25, 0.3) is 0 Å². The molecule has 0 aliphatic rings. The summed E-state index contributed by atoms with van der Waals surface area (Å²) in [7, 11) is -2.23. The molecule has 0 spiro atoms. The molecule has 0 unspecified atom stereocenters. The number of benzene rings is 1. The van der Waals surface area contributed by atoms with Crippen LogP contribution >= 0.6 is 11.3 Å². The number of sulfonamides is 1. The average molecular weight is 412 g/mol. The fourth-order valence-electron chi connectivity index (χ4n) is 2.63. The third-order valence-electron chi connectivity index (χ3n) is 4.13. The number of aryl methyl sites for hydroxylation is 2. The number of carbonyl (C=O) groups excluding carboxylic acids is 1. The maximum Gasteiger partial charge on any atom is 0.260 e. The molecule has 2 rings (SSSR count). The second-order valence-electron chi connectivity index (χ2n) is 5.78. The predicted octanol–water partition coefficient (Wildman–Crippen LogP) is 3.31. The van der Waals surface area contributed by atoms with Gasteiger partial charge in [0.25, 0.3) is 5.91 Å². The van der Waals surface area contributed by atoms with E-state index in [4.69, 9.17) is 4.74 Å². The fourth-order valence-corrected chi connectivity index (χ4v) is 5.01. The van der Waals surface area contributed by atoms with Crippen LogP contribution in [-0.2, 0) is 16.4 Å². The largest absolute Gasteiger partial charge is 0.496 e. The number of methoxy groups -OCH3 is 1. The number of hydrogen-bond donors (Lipinski definition) is 1. The van der Waals surface area contributed by atoms with Crippen LogP contribution in [0.15, 0.2) is 23.1 Å². The number of anilines is 1. The van der Waals surface area contributed by atoms with Gasteiger partial charge in [-0.05, 0) is 31.5 Å². The van der Waals surface area contributed by atoms with E-state index in [1.54, 1.807) is 13.8 Å². The van der Waals surface area contributed by atoms with Gasteiger partial charge in [-0.25, -0.2) is 13.4 Å². The summed E-state index contributed by atoms with van der Waals surface area (Å²) >= 11 is 1.41. The Bertz CT molecular complexity index is 919. The zero-order valence-corrected chi connectivity index (χ0v) is 17.8. The summed E-state index contributed by atoms with van der Waals surface area (Å²) in [6, 6.07) is 4.32. The van der Waals surface area contributed by atoms with E-state index in [0.29, 0.717) is 23.8 Å². The van der Waals surface area contributed by atoms with Gasteiger partial charge >= 0.3 is 0 Å². The van der Waals surface area contributed by atoms with Gasteiger partial charge in [0.1, 0.15) is 10.8 Å². The Morgan fingerprint density at radius 2 is 1.93 bits per heavy atom. The zero-order chi connectivity index (χ0) is 20.2. The standard InChI is InChI=1S/C18H25N3O4S2/c1-6-16-19-12(4)18(26-16)20-17(22)14-11-13(9-10-15(14)25-5)27(23,24)21(7-2)8-3/h9-11H,6-8H2,1-5H3,(H,20,22). The Hall–Kier alpha value is -1.97. The first kappa shape index (κ1) is 21.3. The molecule has 0 saturated carbocycles. The van der Waals surface area contributed by atoms with E-state index < -0.39 is 15.9 Å². The maximum absolute atomic E-state index is 12.8. The van der Waals surface area contributed by atoms with Crippen molar-refractivity contribution in [2.24, 2.45) is 0 Å². The quantitative estimate of drug-likeness (QED) is 0.720. The molecule has 0 aliphatic heterocycles. The molecule has 0 aliphatic carbocycles. The summed E-state index contributed by atoms with van der Waals surface area (Å²) in [4.78, 5) is 17.3. The lowest BCUT2D eigenvalue weighted by Gasteiger charge is -2.19. The van der Waals surface area contributed by atoms with Gasteiger partial charge in [-0.1, -0.05) is 20.8 Å². The molecular weight excluding hydrogens is 386 g/mol. The van der Waals surface area contributed by atoms with Crippen molar-refractivity contribution in [2.45, 2.75) is 39.0 Å². The molecule has 1 amide bonds. The van der Waals surface area contributed by atoms with Gasteiger partial charge in [0.2, 0.25) is 10.0 Å². The third-order valence-corrected chi connectivity index (χ3v) is 7.39. The molecule has 1 N–H and O–H groups in total. The van der Waals surface area contributed by atoms with Gasteiger partial charge < -0.3 is 10.1 Å². The highest BCUT2D eigenvalue weighted by Crippen LogP contribution is 2.28. The average Bonchev–Trinajstić information content (AvgIpc) is 3.01. The summed E-state index contributed by atoms with van der Waals surface area (Å²) in [5.74, 6) is -0.123. The molecule has 0 atom stereocenters. The molecule has 0 bridgehead atoms. The lowest BCUT2D eigenvalue weighted by Crippen LogP contribution is -2.30. The van der Waals surface area contributed by atoms with Gasteiger partial charge in [-0.15, -0.1) is 11.3 Å². The van der Waals surface area contributed by atoms with Crippen molar-refractivity contribution in [2.75, 3.05) is 25.5 Å². The normalized spacial score (nSPS) is 11.6. The Morgan fingerprint density at radius 3 is 2.44 bits per heavy atom. The molecule has 1 aromatic carbocycles. The van der Waals surface area contributed by atoms with Crippen LogP contribution in [0.4, 0.5) is 5.00 Å². The number of hydrogen-bond acceptors (Lipinski definition) is 6. The van der Waals surface area contributed by atoms with Crippen LogP contribution < -0.4 is 10.1 Å². The van der Waals surface area contributed by atoms with Crippen LogP contribution in [0.5, 0.6) is 5.75 Å². The first-order valence-corrected chi connectivity index (χ1v) is 11.0. The van der Waals surface area contributed by atoms with Gasteiger partial charge in [0, 0.05) is 13.1 Å². The summed E-state index contributed by atoms with van der Waals surface area (Å²) in [5, 5.41) is 4.39. The number of nitrogens with one attached hydrogen (secondary N) is 1. The van der Waals surface area contributed by atoms with Crippen LogP contribution in [0, 0.1) is 6.92 Å². The first-order chi connectivity index (χ1) is 12.8. The molecule has 1 aromatic heterocycles. The number of rotatable bonds is 8. The summed E-state index contributed by atoms with van der Waals surface area (Å²) < 4.78 is 32.1. The highest BCUT2D eigenvalue weighted by atomic mass is 32.2. The molecule has 148 valence electrons. The van der Waals surface area contributed by atoms with Crippen molar-refractivity contribution in [3.63, 3.8) is 0 Å². The monoisotopic (exact) mass is 411 g/mol. The fraction of sp³-hybridized carbons (Fsp3) is 0.444. The summed E-state index contributed by atoms with van der Waals surface area (Å²) in [6.07, 6.45) is 0.780. The van der Waals surface area contributed by atoms with E-state index in [2.05, 4.69) is 10.3 Å². The molecule has 7 nitrogen and oxygen atoms in total. The van der Waals surface area contributed by atoms with E-state index in [-0.39, 0.29) is 10.5 Å². The number of nitrogens with zero attached hydrogens (tertiary/aromatic N) is 2. The second-order valence-corrected chi connectivity index (χ2v) is 8.80. The SMILES string of the molecule is CCc1nc(C)c(NC(=O)c2cc(S(=O)(=O)N(CC)CC)ccc2OC)s1. The smallest absolute Gasteiger partial charge is 0.260 e. The van der Waals surface area contributed by atoms with Crippen molar-refractivity contribution in [1.29, 1.82) is 0 Å². The van der Waals surface area contributed by atoms with Crippen molar-refractivity contribution >= 4 is 32.3 Å². The van der Waals surface area contributed by atoms with Crippen LogP contribution in [0.2, 0.25) is 0 Å². The van der Waals surface area contributed by atoms with E-state index in [0.717, 1.165) is 17.1 Å². The Morgan fingerprint density at radius 1 is 1.26 bits per heavy atom. The van der Waals surface area contributed by atoms with Crippen molar-refractivity contribution < 1.29 is 17.9 Å². The number of aromatic nitrogens is 1. The van der Waals surface area contributed by atoms with Crippen molar-refractivity contribution in [3.8, 4) is 5.75 Å². The minimum atomic E-state index is -3.68. The molecule has 0 radical (unpaired) electrons. The topological polar surface area (TPSA) is 88.6 Å². The number of ether oxygens (including phenoxy) is 1. The van der Waals surface area contributed by atoms with Gasteiger partial charge in [0.05, 0.1) is 28.3 Å². The summed E-state index contributed by atoms with van der Waals surface area (Å²) in [6.45, 7) is 8.07. The van der Waals surface area contributed by atoms with Gasteiger partial charge in [-0.2, -0.15) is 4.31 Å². The van der Waals surface area contributed by atoms with E-state index in [1.807, 2.05) is 13.8 Å². The van der Waals surface area contributed by atoms with Crippen LogP contribution in [-0.4, -0.2) is 43.8 Å². The predicted molar refractivity (Wildman–Crippen MR) is 107 cm³/mol. The van der Waals surface area contributed by atoms with Crippen molar-refractivity contribution in [1.82, 2.24) is 9.29 Å². The molecule has 27 heavy (non-hydrogen) atoms. The van der Waals surface area contributed by atoms with Gasteiger partial charge in [0.15, 0.2) is 0 Å². The zero-order valence-electron chi connectivity index (χ0n) is 16.2. The Kier molecular flexibility index (Phi) is 6.96. The Labute approximate surface area is 164 Å². The molecule has 1 heterocycles. The third kappa shape index (κ3) is 4.48. The molecule has 2 aromatic rings. The lowest BCUT2D eigenvalue weighted by atomic mass is 10.2. The lowest BCUT2D eigenvalue weighted by molar-refractivity contribution is 0.102. The van der Waals surface area contributed by atoms with Gasteiger partial charge in [-0.3, -0.25) is 4.79 Å². The highest BCUT2D eigenvalue weighted by Gasteiger charge is 2.25. The number of thiazole rings is 1. The minimum absolute atomic E-state index is 0.0624. The molecule has 9 heteroatoms. The number of amides is 1. The van der Waals surface area contributed by atoms with E-state index in [9.17, 15) is 13.2 Å². The molecular formula is C18H25N3O4S2. The maximum atomic E-state index is 12.8.